The first kappa shape index (κ1) is 15.3. The summed E-state index contributed by atoms with van der Waals surface area (Å²) in [4.78, 5) is 4.36. The molecule has 0 aliphatic rings. The minimum atomic E-state index is 0.323. The number of benzene rings is 1. The van der Waals surface area contributed by atoms with E-state index < -0.39 is 0 Å². The number of nitrogens with zero attached hydrogens (tertiary/aromatic N) is 2. The molecule has 0 heterocycles. The van der Waals surface area contributed by atoms with E-state index in [1.807, 2.05) is 13.1 Å². The molecule has 102 valence electrons. The van der Waals surface area contributed by atoms with E-state index in [-0.39, 0.29) is 0 Å². The third kappa shape index (κ3) is 4.16. The Morgan fingerprint density at radius 2 is 1.89 bits per heavy atom. The van der Waals surface area contributed by atoms with Crippen LogP contribution in [-0.4, -0.2) is 46.2 Å². The van der Waals surface area contributed by atoms with Crippen LogP contribution in [0, 0.1) is 0 Å². The van der Waals surface area contributed by atoms with Gasteiger partial charge in [0.25, 0.3) is 0 Å². The van der Waals surface area contributed by atoms with E-state index in [0.717, 1.165) is 23.8 Å². The SMILES string of the molecule is CNC(C)c1ccc(N(C)CCN(C)C)c(Cl)c1. The fourth-order valence-corrected chi connectivity index (χ4v) is 2.07. The molecule has 0 aromatic heterocycles. The minimum absolute atomic E-state index is 0.323. The molecule has 4 heteroatoms. The molecule has 0 saturated carbocycles. The van der Waals surface area contributed by atoms with Crippen LogP contribution in [0.5, 0.6) is 0 Å². The number of hydrogen-bond donors (Lipinski definition) is 1. The van der Waals surface area contributed by atoms with E-state index in [1.54, 1.807) is 0 Å². The lowest BCUT2D eigenvalue weighted by Crippen LogP contribution is -2.28. The Bertz CT molecular complexity index is 379. The highest BCUT2D eigenvalue weighted by Crippen LogP contribution is 2.28. The van der Waals surface area contributed by atoms with Gasteiger partial charge in [-0.25, -0.2) is 0 Å². The average molecular weight is 270 g/mol. The van der Waals surface area contributed by atoms with Crippen molar-refractivity contribution in [3.8, 4) is 0 Å². The van der Waals surface area contributed by atoms with Crippen molar-refractivity contribution < 1.29 is 0 Å². The van der Waals surface area contributed by atoms with E-state index in [4.69, 9.17) is 11.6 Å². The van der Waals surface area contributed by atoms with Crippen LogP contribution in [0.4, 0.5) is 5.69 Å². The Morgan fingerprint density at radius 1 is 1.22 bits per heavy atom. The molecule has 1 aromatic carbocycles. The summed E-state index contributed by atoms with van der Waals surface area (Å²) in [5.41, 5.74) is 2.30. The molecule has 1 atom stereocenters. The van der Waals surface area contributed by atoms with Gasteiger partial charge in [-0.15, -0.1) is 0 Å². The highest BCUT2D eigenvalue weighted by molar-refractivity contribution is 6.33. The number of anilines is 1. The fraction of sp³-hybridized carbons (Fsp3) is 0.571. The smallest absolute Gasteiger partial charge is 0.0642 e. The van der Waals surface area contributed by atoms with Crippen molar-refractivity contribution in [1.82, 2.24) is 10.2 Å². The van der Waals surface area contributed by atoms with Crippen LogP contribution in [0.15, 0.2) is 18.2 Å². The maximum atomic E-state index is 6.36. The van der Waals surface area contributed by atoms with Crippen molar-refractivity contribution >= 4 is 17.3 Å². The summed E-state index contributed by atoms with van der Waals surface area (Å²) in [6.07, 6.45) is 0. The van der Waals surface area contributed by atoms with Gasteiger partial charge in [0.15, 0.2) is 0 Å². The average Bonchev–Trinajstić information content (AvgIpc) is 2.34. The van der Waals surface area contributed by atoms with Gasteiger partial charge >= 0.3 is 0 Å². The van der Waals surface area contributed by atoms with Crippen molar-refractivity contribution in [3.05, 3.63) is 28.8 Å². The summed E-state index contributed by atoms with van der Waals surface area (Å²) in [5, 5.41) is 4.03. The van der Waals surface area contributed by atoms with Gasteiger partial charge in [-0.05, 0) is 45.8 Å². The third-order valence-electron chi connectivity index (χ3n) is 3.20. The standard InChI is InChI=1S/C14H24ClN3/c1-11(16-2)12-6-7-14(13(15)10-12)18(5)9-8-17(3)4/h6-7,10-11,16H,8-9H2,1-5H3. The molecule has 0 aliphatic carbocycles. The third-order valence-corrected chi connectivity index (χ3v) is 3.50. The van der Waals surface area contributed by atoms with Gasteiger partial charge in [-0.2, -0.15) is 0 Å². The molecule has 1 rings (SSSR count). The predicted molar refractivity (Wildman–Crippen MR) is 80.8 cm³/mol. The van der Waals surface area contributed by atoms with Crippen LogP contribution >= 0.6 is 11.6 Å². The molecule has 0 spiro atoms. The summed E-state index contributed by atoms with van der Waals surface area (Å²) in [6.45, 7) is 4.11. The molecule has 0 radical (unpaired) electrons. The second-order valence-electron chi connectivity index (χ2n) is 4.95. The Morgan fingerprint density at radius 3 is 2.39 bits per heavy atom. The molecule has 3 nitrogen and oxygen atoms in total. The Labute approximate surface area is 116 Å². The normalized spacial score (nSPS) is 12.8. The van der Waals surface area contributed by atoms with Crippen LogP contribution in [-0.2, 0) is 0 Å². The zero-order chi connectivity index (χ0) is 13.7. The Balaban J connectivity index is 2.78. The van der Waals surface area contributed by atoms with Crippen molar-refractivity contribution in [3.63, 3.8) is 0 Å². The lowest BCUT2D eigenvalue weighted by Gasteiger charge is -2.23. The molecule has 0 saturated heterocycles. The Kier molecular flexibility index (Phi) is 5.93. The van der Waals surface area contributed by atoms with Crippen molar-refractivity contribution in [2.45, 2.75) is 13.0 Å². The molecule has 18 heavy (non-hydrogen) atoms. The molecule has 1 unspecified atom stereocenters. The zero-order valence-electron chi connectivity index (χ0n) is 12.0. The maximum absolute atomic E-state index is 6.36. The first-order chi connectivity index (χ1) is 8.45. The Hall–Kier alpha value is -0.770. The quantitative estimate of drug-likeness (QED) is 0.857. The number of hydrogen-bond acceptors (Lipinski definition) is 3. The van der Waals surface area contributed by atoms with Gasteiger partial charge in [-0.3, -0.25) is 0 Å². The first-order valence-corrected chi connectivity index (χ1v) is 6.66. The van der Waals surface area contributed by atoms with E-state index in [0.29, 0.717) is 6.04 Å². The van der Waals surface area contributed by atoms with Crippen LogP contribution < -0.4 is 10.2 Å². The lowest BCUT2D eigenvalue weighted by molar-refractivity contribution is 0.416. The summed E-state index contributed by atoms with van der Waals surface area (Å²) in [7, 11) is 8.18. The van der Waals surface area contributed by atoms with E-state index in [9.17, 15) is 0 Å². The molecule has 1 N–H and O–H groups in total. The highest BCUT2D eigenvalue weighted by Gasteiger charge is 2.09. The monoisotopic (exact) mass is 269 g/mol. The summed E-state index contributed by atoms with van der Waals surface area (Å²) in [6, 6.07) is 6.60. The van der Waals surface area contributed by atoms with Gasteiger partial charge < -0.3 is 15.1 Å². The van der Waals surface area contributed by atoms with Crippen LogP contribution in [0.2, 0.25) is 5.02 Å². The van der Waals surface area contributed by atoms with E-state index in [2.05, 4.69) is 55.3 Å². The molecular formula is C14H24ClN3. The zero-order valence-corrected chi connectivity index (χ0v) is 12.8. The largest absolute Gasteiger partial charge is 0.372 e. The number of rotatable bonds is 6. The molecule has 0 fully saturated rings. The molecule has 1 aromatic rings. The topological polar surface area (TPSA) is 18.5 Å². The summed E-state index contributed by atoms with van der Waals surface area (Å²) < 4.78 is 0. The second kappa shape index (κ2) is 6.98. The number of likely N-dealkylation sites (N-methyl/N-ethyl adjacent to an activating group) is 2. The van der Waals surface area contributed by atoms with Crippen LogP contribution in [0.25, 0.3) is 0 Å². The van der Waals surface area contributed by atoms with Gasteiger partial charge in [0.05, 0.1) is 10.7 Å². The van der Waals surface area contributed by atoms with Gasteiger partial charge in [0.1, 0.15) is 0 Å². The van der Waals surface area contributed by atoms with Crippen molar-refractivity contribution in [2.75, 3.05) is 46.2 Å². The lowest BCUT2D eigenvalue weighted by atomic mass is 10.1. The molecule has 0 bridgehead atoms. The molecule has 0 amide bonds. The summed E-state index contributed by atoms with van der Waals surface area (Å²) in [5.74, 6) is 0. The highest BCUT2D eigenvalue weighted by atomic mass is 35.5. The molecule has 0 aliphatic heterocycles. The maximum Gasteiger partial charge on any atom is 0.0642 e. The minimum Gasteiger partial charge on any atom is -0.372 e. The second-order valence-corrected chi connectivity index (χ2v) is 5.35. The van der Waals surface area contributed by atoms with Gasteiger partial charge in [0, 0.05) is 26.2 Å². The number of nitrogens with one attached hydrogen (secondary N) is 1. The molecular weight excluding hydrogens is 246 g/mol. The van der Waals surface area contributed by atoms with E-state index >= 15 is 0 Å². The first-order valence-electron chi connectivity index (χ1n) is 6.28. The van der Waals surface area contributed by atoms with Gasteiger partial charge in [0.2, 0.25) is 0 Å². The van der Waals surface area contributed by atoms with Gasteiger partial charge in [-0.1, -0.05) is 17.7 Å². The summed E-state index contributed by atoms with van der Waals surface area (Å²) >= 11 is 6.36. The fourth-order valence-electron chi connectivity index (χ4n) is 1.74. The number of halogens is 1. The van der Waals surface area contributed by atoms with Crippen LogP contribution in [0.3, 0.4) is 0 Å². The predicted octanol–water partition coefficient (Wildman–Crippen LogP) is 2.62. The van der Waals surface area contributed by atoms with Crippen LogP contribution in [0.1, 0.15) is 18.5 Å². The van der Waals surface area contributed by atoms with Crippen molar-refractivity contribution in [2.24, 2.45) is 0 Å². The van der Waals surface area contributed by atoms with E-state index in [1.165, 1.54) is 5.56 Å². The van der Waals surface area contributed by atoms with Crippen molar-refractivity contribution in [1.29, 1.82) is 0 Å².